The number of Topliss-reactive ketones (excluding diaryl/α,β-unsaturated/α-hetero) is 2. The lowest BCUT2D eigenvalue weighted by Gasteiger charge is -2.24. The molecular weight excluding hydrogens is 574 g/mol. The van der Waals surface area contributed by atoms with Crippen LogP contribution in [-0.4, -0.2) is 119 Å². The predicted octanol–water partition coefficient (Wildman–Crippen LogP) is 2.85. The maximum Gasteiger partial charge on any atom is 0.410 e. The van der Waals surface area contributed by atoms with E-state index in [-0.39, 0.29) is 43.5 Å². The molecule has 44 heavy (non-hydrogen) atoms. The lowest BCUT2D eigenvalue weighted by molar-refractivity contribution is -0.141. The van der Waals surface area contributed by atoms with Crippen molar-refractivity contribution in [3.8, 4) is 0 Å². The van der Waals surface area contributed by atoms with Crippen molar-refractivity contribution in [2.75, 3.05) is 52.5 Å². The van der Waals surface area contributed by atoms with Gasteiger partial charge >= 0.3 is 18.2 Å². The van der Waals surface area contributed by atoms with Crippen LogP contribution in [0.5, 0.6) is 0 Å². The Kier molecular flexibility index (Phi) is 16.9. The molecule has 0 bridgehead atoms. The number of carboxylic acids is 1. The fourth-order valence-electron chi connectivity index (χ4n) is 4.81. The van der Waals surface area contributed by atoms with Gasteiger partial charge in [0.25, 0.3) is 0 Å². The fraction of sp³-hybridized carbons (Fsp3) is 0.839. The van der Waals surface area contributed by atoms with Crippen molar-refractivity contribution in [3.05, 3.63) is 0 Å². The second kappa shape index (κ2) is 18.9. The highest BCUT2D eigenvalue weighted by atomic mass is 16.6. The number of aliphatic hydroxyl groups is 2. The van der Waals surface area contributed by atoms with Gasteiger partial charge in [-0.25, -0.2) is 9.59 Å². The van der Waals surface area contributed by atoms with Crippen molar-refractivity contribution in [2.45, 2.75) is 97.7 Å². The minimum Gasteiger partial charge on any atom is -0.481 e. The largest absolute Gasteiger partial charge is 0.481 e. The van der Waals surface area contributed by atoms with Crippen LogP contribution in [0.4, 0.5) is 9.59 Å². The minimum atomic E-state index is -0.846. The Hall–Kier alpha value is -2.77. The molecule has 0 spiro atoms. The number of aliphatic carboxylic acids is 1. The summed E-state index contributed by atoms with van der Waals surface area (Å²) in [4.78, 5) is 60.1. The molecule has 3 aliphatic heterocycles. The van der Waals surface area contributed by atoms with Gasteiger partial charge in [-0.1, -0.05) is 0 Å². The van der Waals surface area contributed by atoms with Gasteiger partial charge in [0.2, 0.25) is 0 Å². The Balaban J connectivity index is 0.000000339. The normalized spacial score (nSPS) is 21.5. The van der Waals surface area contributed by atoms with Crippen LogP contribution in [0.25, 0.3) is 0 Å². The highest BCUT2D eigenvalue weighted by Gasteiger charge is 2.34. The lowest BCUT2D eigenvalue weighted by Crippen LogP contribution is -2.35. The van der Waals surface area contributed by atoms with Gasteiger partial charge in [-0.15, -0.1) is 0 Å². The number of likely N-dealkylation sites (tertiary alicyclic amines) is 2. The van der Waals surface area contributed by atoms with Gasteiger partial charge in [0.15, 0.2) is 0 Å². The third-order valence-corrected chi connectivity index (χ3v) is 7.16. The molecule has 0 aromatic rings. The monoisotopic (exact) mass is 629 g/mol. The molecule has 0 aromatic carbocycles. The molecule has 3 atom stereocenters. The Bertz CT molecular complexity index is 938. The number of amides is 2. The number of ether oxygens (including phenoxy) is 2. The summed E-state index contributed by atoms with van der Waals surface area (Å²) in [6, 6.07) is 0. The molecule has 3 fully saturated rings. The molecule has 3 saturated heterocycles. The van der Waals surface area contributed by atoms with Crippen molar-refractivity contribution in [1.82, 2.24) is 15.1 Å². The first-order valence-corrected chi connectivity index (χ1v) is 15.6. The molecule has 2 amide bonds. The van der Waals surface area contributed by atoms with Crippen molar-refractivity contribution >= 4 is 29.7 Å². The topological polar surface area (TPSA) is 183 Å². The van der Waals surface area contributed by atoms with Crippen LogP contribution in [0, 0.1) is 17.8 Å². The summed E-state index contributed by atoms with van der Waals surface area (Å²) in [6.45, 7) is 14.5. The molecule has 254 valence electrons. The van der Waals surface area contributed by atoms with Crippen LogP contribution < -0.4 is 5.32 Å². The second-order valence-electron chi connectivity index (χ2n) is 13.4. The molecule has 3 aliphatic rings. The van der Waals surface area contributed by atoms with E-state index in [0.717, 1.165) is 19.5 Å². The standard InChI is InChI=1S/C13H23NO4.C10H17NO4.C8H15NO2/c1-13(2,3)18-12(17)14-7-6-10(9-14)11(16)5-4-8-15;1-10(2,3)15-9(14)11-5-4-7(6-11)8(12)13;10-5-1-2-8(11)7-3-4-9-6-7/h10,15H,4-9H2,1-3H3;7H,4-6H2,1-3H3,(H,12,13);7,9-10H,1-6H2. The average molecular weight is 630 g/mol. The zero-order chi connectivity index (χ0) is 33.5. The number of rotatable bonds is 9. The molecule has 0 aliphatic carbocycles. The third-order valence-electron chi connectivity index (χ3n) is 7.16. The van der Waals surface area contributed by atoms with Gasteiger partial charge in [-0.05, 0) is 80.2 Å². The first-order valence-electron chi connectivity index (χ1n) is 15.6. The molecule has 13 heteroatoms. The molecule has 0 aromatic heterocycles. The molecule has 3 unspecified atom stereocenters. The number of nitrogens with one attached hydrogen (secondary N) is 1. The number of ketones is 2. The number of nitrogens with zero attached hydrogens (tertiary/aromatic N) is 2. The Morgan fingerprint density at radius 3 is 1.50 bits per heavy atom. The second-order valence-corrected chi connectivity index (χ2v) is 13.4. The van der Waals surface area contributed by atoms with E-state index in [9.17, 15) is 24.0 Å². The molecular formula is C31H55N3O10. The third kappa shape index (κ3) is 15.8. The van der Waals surface area contributed by atoms with Crippen LogP contribution in [-0.2, 0) is 23.9 Å². The van der Waals surface area contributed by atoms with Crippen LogP contribution in [0.3, 0.4) is 0 Å². The highest BCUT2D eigenvalue weighted by molar-refractivity contribution is 5.82. The van der Waals surface area contributed by atoms with E-state index in [1.54, 1.807) is 25.7 Å². The molecule has 0 saturated carbocycles. The Morgan fingerprint density at radius 2 is 1.14 bits per heavy atom. The number of hydrogen-bond donors (Lipinski definition) is 4. The zero-order valence-electron chi connectivity index (χ0n) is 27.4. The molecule has 3 rings (SSSR count). The lowest BCUT2D eigenvalue weighted by atomic mass is 10.00. The summed E-state index contributed by atoms with van der Waals surface area (Å²) >= 11 is 0. The maximum atomic E-state index is 11.8. The number of carbonyl (C=O) groups is 5. The number of carbonyl (C=O) groups excluding carboxylic acids is 4. The number of carboxylic acid groups (broad SMARTS) is 1. The van der Waals surface area contributed by atoms with Crippen LogP contribution in [0.1, 0.15) is 86.5 Å². The first kappa shape index (κ1) is 39.3. The van der Waals surface area contributed by atoms with E-state index in [1.807, 2.05) is 20.8 Å². The van der Waals surface area contributed by atoms with Crippen molar-refractivity contribution in [3.63, 3.8) is 0 Å². The fourth-order valence-corrected chi connectivity index (χ4v) is 4.81. The van der Waals surface area contributed by atoms with Gasteiger partial charge in [0, 0.05) is 70.6 Å². The summed E-state index contributed by atoms with van der Waals surface area (Å²) in [6.07, 6.45) is 3.47. The molecule has 0 radical (unpaired) electrons. The van der Waals surface area contributed by atoms with E-state index in [2.05, 4.69) is 5.32 Å². The van der Waals surface area contributed by atoms with Gasteiger partial charge in [0.1, 0.15) is 22.8 Å². The van der Waals surface area contributed by atoms with Gasteiger partial charge < -0.3 is 39.9 Å². The van der Waals surface area contributed by atoms with E-state index in [4.69, 9.17) is 24.8 Å². The minimum absolute atomic E-state index is 0.0360. The van der Waals surface area contributed by atoms with Crippen LogP contribution in [0.15, 0.2) is 0 Å². The quantitative estimate of drug-likeness (QED) is 0.294. The average Bonchev–Trinajstić information content (AvgIpc) is 3.71. The summed E-state index contributed by atoms with van der Waals surface area (Å²) in [5.74, 6) is -0.719. The van der Waals surface area contributed by atoms with Crippen molar-refractivity contribution < 1.29 is 48.8 Å². The van der Waals surface area contributed by atoms with Crippen molar-refractivity contribution in [1.29, 1.82) is 0 Å². The van der Waals surface area contributed by atoms with E-state index < -0.39 is 29.2 Å². The zero-order valence-corrected chi connectivity index (χ0v) is 27.4. The van der Waals surface area contributed by atoms with Crippen LogP contribution in [0.2, 0.25) is 0 Å². The van der Waals surface area contributed by atoms with Crippen LogP contribution >= 0.6 is 0 Å². The van der Waals surface area contributed by atoms with E-state index >= 15 is 0 Å². The molecule has 4 N–H and O–H groups in total. The van der Waals surface area contributed by atoms with Gasteiger partial charge in [-0.3, -0.25) is 14.4 Å². The maximum absolute atomic E-state index is 11.8. The first-order chi connectivity index (χ1) is 20.5. The highest BCUT2D eigenvalue weighted by Crippen LogP contribution is 2.22. The number of aliphatic hydroxyl groups excluding tert-OH is 2. The predicted molar refractivity (Wildman–Crippen MR) is 163 cm³/mol. The Morgan fingerprint density at radius 1 is 0.705 bits per heavy atom. The smallest absolute Gasteiger partial charge is 0.410 e. The van der Waals surface area contributed by atoms with Gasteiger partial charge in [-0.2, -0.15) is 0 Å². The molecule has 13 nitrogen and oxygen atoms in total. The summed E-state index contributed by atoms with van der Waals surface area (Å²) in [5.41, 5.74) is -1.03. The van der Waals surface area contributed by atoms with E-state index in [0.29, 0.717) is 63.9 Å². The van der Waals surface area contributed by atoms with Crippen molar-refractivity contribution in [2.24, 2.45) is 17.8 Å². The summed E-state index contributed by atoms with van der Waals surface area (Å²) < 4.78 is 10.4. The number of hydrogen-bond acceptors (Lipinski definition) is 10. The molecule has 3 heterocycles. The van der Waals surface area contributed by atoms with E-state index in [1.165, 1.54) is 4.90 Å². The SMILES string of the molecule is CC(C)(C)OC(=O)N1CCC(C(=O)CCCO)C1.CC(C)(C)OC(=O)N1CCC(C(=O)O)C1.O=C(CCCO)C1CCNC1. The summed E-state index contributed by atoms with van der Waals surface area (Å²) in [5, 5.41) is 29.1. The Labute approximate surface area is 261 Å². The van der Waals surface area contributed by atoms with Gasteiger partial charge in [0.05, 0.1) is 5.92 Å². The summed E-state index contributed by atoms with van der Waals surface area (Å²) in [7, 11) is 0.